The zero-order valence-electron chi connectivity index (χ0n) is 9.78. The van der Waals surface area contributed by atoms with Gasteiger partial charge in [-0.1, -0.05) is 20.8 Å². The second-order valence-electron chi connectivity index (χ2n) is 4.75. The molecule has 94 valence electrons. The SMILES string of the molecule is CC(C)(C)[C@H](NC(=O)c1csc(Br)c1)C(=O)O. The van der Waals surface area contributed by atoms with Crippen LogP contribution in [0.15, 0.2) is 15.2 Å². The standard InChI is InChI=1S/C11H14BrNO3S/c1-11(2,3)8(10(15)16)13-9(14)6-4-7(12)17-5-6/h4-5,8H,1-3H3,(H,13,14)(H,15,16)/t8-/m1/s1. The van der Waals surface area contributed by atoms with E-state index in [0.29, 0.717) is 5.56 Å². The van der Waals surface area contributed by atoms with Gasteiger partial charge in [0.1, 0.15) is 6.04 Å². The zero-order chi connectivity index (χ0) is 13.2. The molecule has 0 fully saturated rings. The summed E-state index contributed by atoms with van der Waals surface area (Å²) in [5.41, 5.74) is -0.0632. The molecule has 0 unspecified atom stereocenters. The minimum Gasteiger partial charge on any atom is -0.480 e. The van der Waals surface area contributed by atoms with Crippen LogP contribution in [0.3, 0.4) is 0 Å². The highest BCUT2D eigenvalue weighted by Crippen LogP contribution is 2.23. The van der Waals surface area contributed by atoms with E-state index in [9.17, 15) is 9.59 Å². The van der Waals surface area contributed by atoms with Gasteiger partial charge in [0, 0.05) is 5.38 Å². The van der Waals surface area contributed by atoms with Crippen molar-refractivity contribution in [1.82, 2.24) is 5.32 Å². The topological polar surface area (TPSA) is 66.4 Å². The lowest BCUT2D eigenvalue weighted by Crippen LogP contribution is -2.49. The average molecular weight is 320 g/mol. The number of nitrogens with one attached hydrogen (secondary N) is 1. The van der Waals surface area contributed by atoms with Crippen molar-refractivity contribution in [3.8, 4) is 0 Å². The number of halogens is 1. The Labute approximate surface area is 112 Å². The summed E-state index contributed by atoms with van der Waals surface area (Å²) in [7, 11) is 0. The molecule has 0 aromatic carbocycles. The molecule has 1 atom stereocenters. The first-order valence-corrected chi connectivity index (χ1v) is 6.67. The number of carbonyl (C=O) groups excluding carboxylic acids is 1. The number of thiophene rings is 1. The van der Waals surface area contributed by atoms with Crippen LogP contribution >= 0.6 is 27.3 Å². The minimum absolute atomic E-state index is 0.366. The smallest absolute Gasteiger partial charge is 0.326 e. The number of carbonyl (C=O) groups is 2. The summed E-state index contributed by atoms with van der Waals surface area (Å²) in [6.45, 7) is 5.32. The highest BCUT2D eigenvalue weighted by Gasteiger charge is 2.32. The Kier molecular flexibility index (Phi) is 4.32. The number of aliphatic carboxylic acids is 1. The molecule has 0 aliphatic carbocycles. The van der Waals surface area contributed by atoms with Gasteiger partial charge in [0.05, 0.1) is 9.35 Å². The predicted octanol–water partition coefficient (Wildman–Crippen LogP) is 2.74. The Morgan fingerprint density at radius 1 is 1.47 bits per heavy atom. The Morgan fingerprint density at radius 3 is 2.41 bits per heavy atom. The lowest BCUT2D eigenvalue weighted by molar-refractivity contribution is -0.142. The van der Waals surface area contributed by atoms with Crippen molar-refractivity contribution in [2.45, 2.75) is 26.8 Å². The molecule has 0 spiro atoms. The van der Waals surface area contributed by atoms with Crippen LogP contribution < -0.4 is 5.32 Å². The van der Waals surface area contributed by atoms with Gasteiger partial charge >= 0.3 is 5.97 Å². The highest BCUT2D eigenvalue weighted by atomic mass is 79.9. The van der Waals surface area contributed by atoms with Gasteiger partial charge in [-0.2, -0.15) is 0 Å². The van der Waals surface area contributed by atoms with Crippen molar-refractivity contribution < 1.29 is 14.7 Å². The molecule has 0 aliphatic heterocycles. The van der Waals surface area contributed by atoms with Gasteiger partial charge < -0.3 is 10.4 Å². The second-order valence-corrected chi connectivity index (χ2v) is 7.04. The molecule has 1 aromatic rings. The molecule has 0 saturated carbocycles. The van der Waals surface area contributed by atoms with E-state index < -0.39 is 17.4 Å². The maximum Gasteiger partial charge on any atom is 0.326 e. The summed E-state index contributed by atoms with van der Waals surface area (Å²) in [5, 5.41) is 13.3. The summed E-state index contributed by atoms with van der Waals surface area (Å²) >= 11 is 4.64. The fourth-order valence-corrected chi connectivity index (χ4v) is 2.43. The predicted molar refractivity (Wildman–Crippen MR) is 70.4 cm³/mol. The number of carboxylic acids is 1. The van der Waals surface area contributed by atoms with Crippen molar-refractivity contribution in [2.75, 3.05) is 0 Å². The Balaban J connectivity index is 2.82. The van der Waals surface area contributed by atoms with E-state index in [1.807, 2.05) is 0 Å². The van der Waals surface area contributed by atoms with Gasteiger partial charge in [0.25, 0.3) is 5.91 Å². The summed E-state index contributed by atoms with van der Waals surface area (Å²) in [6, 6.07) is 0.760. The van der Waals surface area contributed by atoms with Gasteiger partial charge in [-0.25, -0.2) is 4.79 Å². The van der Waals surface area contributed by atoms with Crippen LogP contribution in [-0.2, 0) is 4.79 Å². The summed E-state index contributed by atoms with van der Waals surface area (Å²) in [4.78, 5) is 22.9. The van der Waals surface area contributed by atoms with E-state index in [1.165, 1.54) is 11.3 Å². The molecule has 17 heavy (non-hydrogen) atoms. The maximum absolute atomic E-state index is 11.8. The minimum atomic E-state index is -1.03. The summed E-state index contributed by atoms with van der Waals surface area (Å²) < 4.78 is 0.838. The van der Waals surface area contributed by atoms with Crippen LogP contribution in [0, 0.1) is 5.41 Å². The molecule has 1 rings (SSSR count). The van der Waals surface area contributed by atoms with Gasteiger partial charge in [0.2, 0.25) is 0 Å². The van der Waals surface area contributed by atoms with Crippen LogP contribution in [0.4, 0.5) is 0 Å². The van der Waals surface area contributed by atoms with Crippen LogP contribution in [0.25, 0.3) is 0 Å². The molecular weight excluding hydrogens is 306 g/mol. The van der Waals surface area contributed by atoms with E-state index >= 15 is 0 Å². The van der Waals surface area contributed by atoms with Crippen molar-refractivity contribution in [2.24, 2.45) is 5.41 Å². The lowest BCUT2D eigenvalue weighted by atomic mass is 9.86. The fraction of sp³-hybridized carbons (Fsp3) is 0.455. The molecule has 0 aliphatic rings. The van der Waals surface area contributed by atoms with Gasteiger partial charge in [0.15, 0.2) is 0 Å². The largest absolute Gasteiger partial charge is 0.480 e. The zero-order valence-corrected chi connectivity index (χ0v) is 12.2. The van der Waals surface area contributed by atoms with E-state index in [0.717, 1.165) is 3.79 Å². The lowest BCUT2D eigenvalue weighted by Gasteiger charge is -2.27. The molecule has 6 heteroatoms. The van der Waals surface area contributed by atoms with E-state index in [4.69, 9.17) is 5.11 Å². The van der Waals surface area contributed by atoms with Crippen molar-refractivity contribution in [3.63, 3.8) is 0 Å². The van der Waals surface area contributed by atoms with Gasteiger partial charge in [-0.3, -0.25) is 4.79 Å². The molecule has 1 aromatic heterocycles. The molecule has 2 N–H and O–H groups in total. The fourth-order valence-electron chi connectivity index (χ4n) is 1.29. The molecule has 4 nitrogen and oxygen atoms in total. The van der Waals surface area contributed by atoms with Crippen molar-refractivity contribution in [1.29, 1.82) is 0 Å². The molecular formula is C11H14BrNO3S. The van der Waals surface area contributed by atoms with Crippen LogP contribution in [0.2, 0.25) is 0 Å². The molecule has 1 amide bonds. The third-order valence-electron chi connectivity index (χ3n) is 2.22. The molecule has 0 saturated heterocycles. The van der Waals surface area contributed by atoms with Crippen molar-refractivity contribution >= 4 is 39.1 Å². The third-order valence-corrected chi connectivity index (χ3v) is 3.72. The summed E-state index contributed by atoms with van der Waals surface area (Å²) in [6.07, 6.45) is 0. The van der Waals surface area contributed by atoms with Crippen LogP contribution in [0.1, 0.15) is 31.1 Å². The molecule has 0 radical (unpaired) electrons. The van der Waals surface area contributed by atoms with E-state index in [-0.39, 0.29) is 5.91 Å². The molecule has 1 heterocycles. The monoisotopic (exact) mass is 319 g/mol. The average Bonchev–Trinajstić information content (AvgIpc) is 2.58. The second kappa shape index (κ2) is 5.18. The Morgan fingerprint density at radius 2 is 2.06 bits per heavy atom. The number of hydrogen-bond donors (Lipinski definition) is 2. The quantitative estimate of drug-likeness (QED) is 0.900. The highest BCUT2D eigenvalue weighted by molar-refractivity contribution is 9.11. The summed E-state index contributed by atoms with van der Waals surface area (Å²) in [5.74, 6) is -1.39. The number of carboxylic acid groups (broad SMARTS) is 1. The first-order valence-electron chi connectivity index (χ1n) is 4.99. The first-order chi connectivity index (χ1) is 7.71. The van der Waals surface area contributed by atoms with Gasteiger partial charge in [-0.15, -0.1) is 11.3 Å². The number of amides is 1. The van der Waals surface area contributed by atoms with Crippen molar-refractivity contribution in [3.05, 3.63) is 20.8 Å². The van der Waals surface area contributed by atoms with E-state index in [2.05, 4.69) is 21.2 Å². The molecule has 0 bridgehead atoms. The number of rotatable bonds is 3. The normalized spacial score (nSPS) is 13.2. The van der Waals surface area contributed by atoms with Gasteiger partial charge in [-0.05, 0) is 27.4 Å². The first kappa shape index (κ1) is 14.2. The Hall–Kier alpha value is -0.880. The third kappa shape index (κ3) is 3.81. The Bertz CT molecular complexity index is 436. The number of hydrogen-bond acceptors (Lipinski definition) is 3. The van der Waals surface area contributed by atoms with Crippen LogP contribution in [-0.4, -0.2) is 23.0 Å². The van der Waals surface area contributed by atoms with E-state index in [1.54, 1.807) is 32.2 Å². The van der Waals surface area contributed by atoms with Crippen LogP contribution in [0.5, 0.6) is 0 Å². The maximum atomic E-state index is 11.8.